The second kappa shape index (κ2) is 7.21. The molecule has 0 fully saturated rings. The highest BCUT2D eigenvalue weighted by atomic mass is 19.4. The number of fused-ring (bicyclic) bond motifs is 1. The van der Waals surface area contributed by atoms with E-state index in [2.05, 4.69) is 20.7 Å². The van der Waals surface area contributed by atoms with E-state index in [4.69, 9.17) is 0 Å². The number of nitrogens with one attached hydrogen (secondary N) is 2. The number of hydrogen-bond donors (Lipinski definition) is 2. The molecule has 2 N–H and O–H groups in total. The quantitative estimate of drug-likeness (QED) is 0.519. The summed E-state index contributed by atoms with van der Waals surface area (Å²) in [5, 5.41) is 10.0. The van der Waals surface area contributed by atoms with E-state index in [1.54, 1.807) is 61.2 Å². The molecule has 3 heterocycles. The molecule has 0 spiro atoms. The number of pyridine rings is 1. The summed E-state index contributed by atoms with van der Waals surface area (Å²) in [5.74, 6) is 0.155. The second-order valence-corrected chi connectivity index (χ2v) is 6.72. The van der Waals surface area contributed by atoms with Crippen LogP contribution < -0.4 is 10.6 Å². The van der Waals surface area contributed by atoms with Crippen LogP contribution in [0.3, 0.4) is 0 Å². The number of imidazole rings is 1. The van der Waals surface area contributed by atoms with E-state index in [0.29, 0.717) is 28.5 Å². The van der Waals surface area contributed by atoms with E-state index < -0.39 is 11.9 Å². The lowest BCUT2D eigenvalue weighted by atomic mass is 10.2. The summed E-state index contributed by atoms with van der Waals surface area (Å²) in [5.41, 5.74) is 1.55. The molecule has 0 unspecified atom stereocenters. The molecule has 0 saturated carbocycles. The number of halogens is 3. The third-order valence-corrected chi connectivity index (χ3v) is 4.46. The molecule has 30 heavy (non-hydrogen) atoms. The Morgan fingerprint density at radius 2 is 1.73 bits per heavy atom. The number of carbonyl (C=O) groups is 1. The number of amides is 1. The van der Waals surface area contributed by atoms with E-state index in [1.165, 1.54) is 10.5 Å². The molecule has 0 radical (unpaired) electrons. The van der Waals surface area contributed by atoms with Gasteiger partial charge in [-0.05, 0) is 43.3 Å². The first-order valence-electron chi connectivity index (χ1n) is 8.95. The Morgan fingerprint density at radius 1 is 1.03 bits per heavy atom. The molecule has 0 aliphatic carbocycles. The van der Waals surface area contributed by atoms with Gasteiger partial charge in [-0.1, -0.05) is 6.07 Å². The van der Waals surface area contributed by atoms with Crippen molar-refractivity contribution >= 4 is 28.7 Å². The minimum atomic E-state index is -4.52. The topological polar surface area (TPSA) is 76.2 Å². The first kappa shape index (κ1) is 19.5. The van der Waals surface area contributed by atoms with Crippen LogP contribution in [0.2, 0.25) is 0 Å². The summed E-state index contributed by atoms with van der Waals surface area (Å²) in [6.45, 7) is 1.75. The Hall–Kier alpha value is -3.82. The van der Waals surface area contributed by atoms with Crippen molar-refractivity contribution < 1.29 is 18.0 Å². The van der Waals surface area contributed by atoms with Gasteiger partial charge in [-0.3, -0.25) is 13.9 Å². The number of aryl methyl sites for hydroxylation is 2. The normalized spacial score (nSPS) is 11.6. The van der Waals surface area contributed by atoms with Gasteiger partial charge in [-0.2, -0.15) is 18.3 Å². The minimum absolute atomic E-state index is 0.183. The summed E-state index contributed by atoms with van der Waals surface area (Å²) in [4.78, 5) is 16.0. The van der Waals surface area contributed by atoms with Crippen molar-refractivity contribution in [2.45, 2.75) is 13.1 Å². The van der Waals surface area contributed by atoms with E-state index in [9.17, 15) is 18.0 Å². The minimum Gasteiger partial charge on any atom is -0.341 e. The highest BCUT2D eigenvalue weighted by Crippen LogP contribution is 2.30. The summed E-state index contributed by atoms with van der Waals surface area (Å²) in [6, 6.07) is 11.6. The number of alkyl halides is 3. The Bertz CT molecular complexity index is 1220. The van der Waals surface area contributed by atoms with Gasteiger partial charge in [0.2, 0.25) is 0 Å². The van der Waals surface area contributed by atoms with Crippen molar-refractivity contribution in [1.29, 1.82) is 0 Å². The van der Waals surface area contributed by atoms with Gasteiger partial charge in [0.15, 0.2) is 5.69 Å². The first-order valence-corrected chi connectivity index (χ1v) is 8.95. The van der Waals surface area contributed by atoms with E-state index in [1.807, 2.05) is 0 Å². The summed E-state index contributed by atoms with van der Waals surface area (Å²) in [7, 11) is 1.74. The van der Waals surface area contributed by atoms with Crippen LogP contribution >= 0.6 is 0 Å². The summed E-state index contributed by atoms with van der Waals surface area (Å²) < 4.78 is 41.7. The molecule has 4 aromatic rings. The zero-order chi connectivity index (χ0) is 21.5. The number of rotatable bonds is 4. The highest BCUT2D eigenvalue weighted by molar-refractivity contribution is 6.04. The SMILES string of the molecule is Cc1nn(C)cc1C(=O)Nc1ccc(Nc2cccc3nc(C(F)(F)F)cn23)cc1. The molecule has 0 aliphatic heterocycles. The predicted octanol–water partition coefficient (Wildman–Crippen LogP) is 4.39. The third kappa shape index (κ3) is 3.84. The number of benzene rings is 1. The van der Waals surface area contributed by atoms with Crippen LogP contribution in [-0.2, 0) is 13.2 Å². The Morgan fingerprint density at radius 3 is 2.37 bits per heavy atom. The molecule has 3 aromatic heterocycles. The molecular weight excluding hydrogens is 397 g/mol. The van der Waals surface area contributed by atoms with E-state index in [-0.39, 0.29) is 11.6 Å². The van der Waals surface area contributed by atoms with Gasteiger partial charge >= 0.3 is 6.18 Å². The first-order chi connectivity index (χ1) is 14.2. The molecule has 10 heteroatoms. The maximum Gasteiger partial charge on any atom is 0.434 e. The maximum atomic E-state index is 12.9. The molecule has 1 aromatic carbocycles. The van der Waals surface area contributed by atoms with Crippen LogP contribution in [0, 0.1) is 6.92 Å². The Kier molecular flexibility index (Phi) is 4.69. The molecule has 0 atom stereocenters. The van der Waals surface area contributed by atoms with Gasteiger partial charge in [0, 0.05) is 30.8 Å². The molecule has 154 valence electrons. The van der Waals surface area contributed by atoms with Crippen LogP contribution in [0.15, 0.2) is 54.9 Å². The highest BCUT2D eigenvalue weighted by Gasteiger charge is 2.34. The fourth-order valence-electron chi connectivity index (χ4n) is 3.05. The van der Waals surface area contributed by atoms with Gasteiger partial charge in [0.25, 0.3) is 5.91 Å². The monoisotopic (exact) mass is 414 g/mol. The fraction of sp³-hybridized carbons (Fsp3) is 0.150. The van der Waals surface area contributed by atoms with Crippen LogP contribution in [0.25, 0.3) is 5.65 Å². The van der Waals surface area contributed by atoms with Crippen LogP contribution in [0.5, 0.6) is 0 Å². The van der Waals surface area contributed by atoms with Crippen LogP contribution in [0.1, 0.15) is 21.7 Å². The molecular formula is C20H17F3N6O. The number of nitrogens with zero attached hydrogens (tertiary/aromatic N) is 4. The lowest BCUT2D eigenvalue weighted by Crippen LogP contribution is -2.12. The molecule has 0 saturated heterocycles. The zero-order valence-corrected chi connectivity index (χ0v) is 16.0. The summed E-state index contributed by atoms with van der Waals surface area (Å²) >= 11 is 0. The number of carbonyl (C=O) groups excluding carboxylic acids is 1. The van der Waals surface area contributed by atoms with Crippen molar-refractivity contribution in [2.24, 2.45) is 7.05 Å². The molecule has 1 amide bonds. The van der Waals surface area contributed by atoms with Gasteiger partial charge in [-0.25, -0.2) is 4.98 Å². The molecule has 4 rings (SSSR count). The zero-order valence-electron chi connectivity index (χ0n) is 16.0. The average molecular weight is 414 g/mol. The summed E-state index contributed by atoms with van der Waals surface area (Å²) in [6.07, 6.45) is -1.93. The van der Waals surface area contributed by atoms with Crippen molar-refractivity contribution in [3.8, 4) is 0 Å². The van der Waals surface area contributed by atoms with Crippen molar-refractivity contribution in [1.82, 2.24) is 19.2 Å². The van der Waals surface area contributed by atoms with Crippen molar-refractivity contribution in [2.75, 3.05) is 10.6 Å². The molecule has 0 aliphatic rings. The standard InChI is InChI=1S/C20H17F3N6O/c1-12-15(10-28(2)27-12)19(30)25-14-8-6-13(7-9-14)24-17-4-3-5-18-26-16(11-29(17)18)20(21,22)23/h3-11,24H,1-2H3,(H,25,30). The van der Waals surface area contributed by atoms with Gasteiger partial charge < -0.3 is 10.6 Å². The second-order valence-electron chi connectivity index (χ2n) is 6.72. The Balaban J connectivity index is 1.52. The van der Waals surface area contributed by atoms with Crippen molar-refractivity contribution in [3.63, 3.8) is 0 Å². The molecule has 0 bridgehead atoms. The average Bonchev–Trinajstić information content (AvgIpc) is 3.27. The van der Waals surface area contributed by atoms with Crippen LogP contribution in [-0.4, -0.2) is 25.1 Å². The van der Waals surface area contributed by atoms with Crippen molar-refractivity contribution in [3.05, 3.63) is 71.8 Å². The lowest BCUT2D eigenvalue weighted by molar-refractivity contribution is -0.140. The predicted molar refractivity (Wildman–Crippen MR) is 106 cm³/mol. The third-order valence-electron chi connectivity index (χ3n) is 4.46. The smallest absolute Gasteiger partial charge is 0.341 e. The number of anilines is 3. The largest absolute Gasteiger partial charge is 0.434 e. The fourth-order valence-corrected chi connectivity index (χ4v) is 3.05. The van der Waals surface area contributed by atoms with Gasteiger partial charge in [-0.15, -0.1) is 0 Å². The maximum absolute atomic E-state index is 12.9. The molecule has 7 nitrogen and oxygen atoms in total. The van der Waals surface area contributed by atoms with Gasteiger partial charge in [0.05, 0.1) is 11.3 Å². The lowest BCUT2D eigenvalue weighted by Gasteiger charge is -2.10. The van der Waals surface area contributed by atoms with Gasteiger partial charge in [0.1, 0.15) is 11.5 Å². The van der Waals surface area contributed by atoms with E-state index >= 15 is 0 Å². The van der Waals surface area contributed by atoms with Crippen LogP contribution in [0.4, 0.5) is 30.4 Å². The number of hydrogen-bond acceptors (Lipinski definition) is 4. The van der Waals surface area contributed by atoms with E-state index in [0.717, 1.165) is 6.20 Å². The Labute approximate surface area is 169 Å². The number of aromatic nitrogens is 4.